The third-order valence-electron chi connectivity index (χ3n) is 3.23. The Morgan fingerprint density at radius 3 is 2.40 bits per heavy atom. The van der Waals surface area contributed by atoms with Crippen LogP contribution in [0.3, 0.4) is 0 Å². The first kappa shape index (κ1) is 17.4. The second kappa shape index (κ2) is 11.0. The van der Waals surface area contributed by atoms with E-state index in [1.807, 2.05) is 0 Å². The van der Waals surface area contributed by atoms with Gasteiger partial charge < -0.3 is 24.3 Å². The van der Waals surface area contributed by atoms with Crippen LogP contribution in [0, 0.1) is 5.92 Å². The highest BCUT2D eigenvalue weighted by molar-refractivity contribution is 5.72. The monoisotopic (exact) mass is 289 g/mol. The molecule has 2 atom stereocenters. The number of rotatable bonds is 10. The summed E-state index contributed by atoms with van der Waals surface area (Å²) in [5, 5.41) is 3.32. The highest BCUT2D eigenvalue weighted by Crippen LogP contribution is 2.17. The normalized spacial score (nSPS) is 22.7. The standard InChI is InChI=1S/C14H27NO5/c1-12-11-13(3-4-15-12)14(16)20-10-9-19-8-7-18-6-5-17-2/h12-13,15H,3-11H2,1-2H3. The fourth-order valence-electron chi connectivity index (χ4n) is 2.13. The maximum Gasteiger partial charge on any atom is 0.309 e. The summed E-state index contributed by atoms with van der Waals surface area (Å²) in [4.78, 5) is 11.8. The predicted octanol–water partition coefficient (Wildman–Crippen LogP) is 0.597. The number of hydrogen-bond donors (Lipinski definition) is 1. The number of hydrogen-bond acceptors (Lipinski definition) is 6. The molecule has 0 aromatic rings. The van der Waals surface area contributed by atoms with Crippen molar-refractivity contribution in [2.45, 2.75) is 25.8 Å². The van der Waals surface area contributed by atoms with Gasteiger partial charge in [0.15, 0.2) is 0 Å². The van der Waals surface area contributed by atoms with E-state index < -0.39 is 0 Å². The molecule has 0 amide bonds. The lowest BCUT2D eigenvalue weighted by Crippen LogP contribution is -2.39. The summed E-state index contributed by atoms with van der Waals surface area (Å²) in [5.74, 6) is -0.0677. The van der Waals surface area contributed by atoms with Gasteiger partial charge in [-0.15, -0.1) is 0 Å². The zero-order valence-corrected chi connectivity index (χ0v) is 12.6. The van der Waals surface area contributed by atoms with Crippen LogP contribution in [0.4, 0.5) is 0 Å². The van der Waals surface area contributed by atoms with Crippen LogP contribution in [-0.4, -0.2) is 65.3 Å². The number of nitrogens with one attached hydrogen (secondary N) is 1. The first-order chi connectivity index (χ1) is 9.74. The second-order valence-corrected chi connectivity index (χ2v) is 4.96. The Kier molecular flexibility index (Phi) is 9.57. The van der Waals surface area contributed by atoms with Gasteiger partial charge in [0.25, 0.3) is 0 Å². The van der Waals surface area contributed by atoms with E-state index in [0.29, 0.717) is 45.7 Å². The first-order valence-electron chi connectivity index (χ1n) is 7.28. The average molecular weight is 289 g/mol. The Bertz CT molecular complexity index is 262. The van der Waals surface area contributed by atoms with Crippen molar-refractivity contribution in [2.75, 3.05) is 53.3 Å². The molecule has 1 N–H and O–H groups in total. The second-order valence-electron chi connectivity index (χ2n) is 4.96. The quantitative estimate of drug-likeness (QED) is 0.469. The van der Waals surface area contributed by atoms with Crippen molar-refractivity contribution in [1.29, 1.82) is 0 Å². The molecule has 0 aliphatic carbocycles. The van der Waals surface area contributed by atoms with Crippen molar-refractivity contribution >= 4 is 5.97 Å². The van der Waals surface area contributed by atoms with Crippen LogP contribution < -0.4 is 5.32 Å². The van der Waals surface area contributed by atoms with Gasteiger partial charge in [0, 0.05) is 13.2 Å². The summed E-state index contributed by atoms with van der Waals surface area (Å²) < 4.78 is 20.6. The minimum atomic E-state index is -0.0988. The van der Waals surface area contributed by atoms with E-state index in [0.717, 1.165) is 19.4 Å². The van der Waals surface area contributed by atoms with Crippen molar-refractivity contribution in [3.05, 3.63) is 0 Å². The Morgan fingerprint density at radius 2 is 1.75 bits per heavy atom. The van der Waals surface area contributed by atoms with Gasteiger partial charge >= 0.3 is 5.97 Å². The molecule has 118 valence electrons. The van der Waals surface area contributed by atoms with Crippen LogP contribution in [0.2, 0.25) is 0 Å². The molecule has 1 rings (SSSR count). The molecule has 1 saturated heterocycles. The van der Waals surface area contributed by atoms with Gasteiger partial charge in [0.1, 0.15) is 6.61 Å². The topological polar surface area (TPSA) is 66.0 Å². The molecule has 0 aromatic carbocycles. The molecule has 2 unspecified atom stereocenters. The number of carbonyl (C=O) groups is 1. The smallest absolute Gasteiger partial charge is 0.309 e. The van der Waals surface area contributed by atoms with Gasteiger partial charge in [-0.2, -0.15) is 0 Å². The number of esters is 1. The van der Waals surface area contributed by atoms with Crippen LogP contribution in [0.5, 0.6) is 0 Å². The van der Waals surface area contributed by atoms with Crippen LogP contribution in [-0.2, 0) is 23.7 Å². The molecular formula is C14H27NO5. The van der Waals surface area contributed by atoms with Gasteiger partial charge in [-0.05, 0) is 26.3 Å². The van der Waals surface area contributed by atoms with Crippen LogP contribution in [0.25, 0.3) is 0 Å². The van der Waals surface area contributed by atoms with Gasteiger partial charge in [0.05, 0.1) is 39.0 Å². The maximum absolute atomic E-state index is 11.8. The minimum Gasteiger partial charge on any atom is -0.463 e. The molecule has 0 saturated carbocycles. The SMILES string of the molecule is COCCOCCOCCOC(=O)C1CCNC(C)C1. The molecule has 6 heteroatoms. The van der Waals surface area contributed by atoms with E-state index in [4.69, 9.17) is 18.9 Å². The lowest BCUT2D eigenvalue weighted by molar-refractivity contribution is -0.151. The zero-order valence-electron chi connectivity index (χ0n) is 12.6. The van der Waals surface area contributed by atoms with E-state index in [9.17, 15) is 4.79 Å². The summed E-state index contributed by atoms with van der Waals surface area (Å²) in [6, 6.07) is 0.391. The molecule has 1 aliphatic rings. The molecule has 0 radical (unpaired) electrons. The van der Waals surface area contributed by atoms with Crippen LogP contribution in [0.1, 0.15) is 19.8 Å². The molecule has 20 heavy (non-hydrogen) atoms. The molecule has 0 aromatic heterocycles. The van der Waals surface area contributed by atoms with Crippen molar-refractivity contribution in [1.82, 2.24) is 5.32 Å². The third kappa shape index (κ3) is 7.79. The lowest BCUT2D eigenvalue weighted by atomic mass is 9.93. The van der Waals surface area contributed by atoms with Crippen molar-refractivity contribution in [2.24, 2.45) is 5.92 Å². The highest BCUT2D eigenvalue weighted by atomic mass is 16.6. The van der Waals surface area contributed by atoms with Gasteiger partial charge in [0.2, 0.25) is 0 Å². The Hall–Kier alpha value is -0.690. The average Bonchev–Trinajstić information content (AvgIpc) is 2.45. The molecule has 6 nitrogen and oxygen atoms in total. The van der Waals surface area contributed by atoms with E-state index in [2.05, 4.69) is 12.2 Å². The highest BCUT2D eigenvalue weighted by Gasteiger charge is 2.25. The predicted molar refractivity (Wildman–Crippen MR) is 74.7 cm³/mol. The summed E-state index contributed by atoms with van der Waals surface area (Å²) >= 11 is 0. The fraction of sp³-hybridized carbons (Fsp3) is 0.929. The molecule has 1 fully saturated rings. The van der Waals surface area contributed by atoms with Crippen molar-refractivity contribution < 1.29 is 23.7 Å². The Labute approximate surface area is 121 Å². The molecule has 1 heterocycles. The van der Waals surface area contributed by atoms with Gasteiger partial charge in [-0.1, -0.05) is 0 Å². The van der Waals surface area contributed by atoms with E-state index >= 15 is 0 Å². The number of methoxy groups -OCH3 is 1. The van der Waals surface area contributed by atoms with Crippen molar-refractivity contribution in [3.8, 4) is 0 Å². The summed E-state index contributed by atoms with van der Waals surface area (Å²) in [7, 11) is 1.64. The van der Waals surface area contributed by atoms with E-state index in [1.54, 1.807) is 7.11 Å². The maximum atomic E-state index is 11.8. The van der Waals surface area contributed by atoms with E-state index in [1.165, 1.54) is 0 Å². The summed E-state index contributed by atoms with van der Waals surface area (Å²) in [6.45, 7) is 5.90. The van der Waals surface area contributed by atoms with Gasteiger partial charge in [-0.3, -0.25) is 4.79 Å². The Morgan fingerprint density at radius 1 is 1.10 bits per heavy atom. The minimum absolute atomic E-state index is 0.0311. The van der Waals surface area contributed by atoms with Crippen LogP contribution in [0.15, 0.2) is 0 Å². The summed E-state index contributed by atoms with van der Waals surface area (Å²) in [5.41, 5.74) is 0. The van der Waals surface area contributed by atoms with Crippen LogP contribution >= 0.6 is 0 Å². The lowest BCUT2D eigenvalue weighted by Gasteiger charge is -2.26. The molecule has 0 spiro atoms. The number of piperidine rings is 1. The Balaban J connectivity index is 1.91. The first-order valence-corrected chi connectivity index (χ1v) is 7.28. The molecule has 1 aliphatic heterocycles. The number of carbonyl (C=O) groups excluding carboxylic acids is 1. The number of ether oxygens (including phenoxy) is 4. The van der Waals surface area contributed by atoms with Crippen molar-refractivity contribution in [3.63, 3.8) is 0 Å². The fourth-order valence-corrected chi connectivity index (χ4v) is 2.13. The molecular weight excluding hydrogens is 262 g/mol. The summed E-state index contributed by atoms with van der Waals surface area (Å²) in [6.07, 6.45) is 1.71. The van der Waals surface area contributed by atoms with Gasteiger partial charge in [-0.25, -0.2) is 0 Å². The van der Waals surface area contributed by atoms with E-state index in [-0.39, 0.29) is 11.9 Å². The largest absolute Gasteiger partial charge is 0.463 e. The molecule has 0 bridgehead atoms. The zero-order chi connectivity index (χ0) is 14.6. The third-order valence-corrected chi connectivity index (χ3v) is 3.23.